The zero-order valence-electron chi connectivity index (χ0n) is 15.9. The molecule has 0 N–H and O–H groups in total. The van der Waals surface area contributed by atoms with Gasteiger partial charge in [0.15, 0.2) is 0 Å². The Hall–Kier alpha value is -3.27. The summed E-state index contributed by atoms with van der Waals surface area (Å²) in [5.74, 6) is -0.375. The van der Waals surface area contributed by atoms with E-state index >= 15 is 0 Å². The highest BCUT2D eigenvalue weighted by molar-refractivity contribution is 6.14. The lowest BCUT2D eigenvalue weighted by atomic mass is 9.63. The lowest BCUT2D eigenvalue weighted by Gasteiger charge is -2.37. The first kappa shape index (κ1) is 16.7. The molecule has 0 unspecified atom stereocenters. The van der Waals surface area contributed by atoms with Crippen LogP contribution in [-0.2, 0) is 9.59 Å². The smallest absolute Gasteiger partial charge is 0.254 e. The van der Waals surface area contributed by atoms with E-state index in [9.17, 15) is 9.59 Å². The van der Waals surface area contributed by atoms with Crippen molar-refractivity contribution < 1.29 is 9.59 Å². The number of carbonyl (C=O) groups is 2. The van der Waals surface area contributed by atoms with Crippen molar-refractivity contribution >= 4 is 39.6 Å². The summed E-state index contributed by atoms with van der Waals surface area (Å²) in [6.45, 7) is 0. The Kier molecular flexibility index (Phi) is 3.51. The number of rotatable bonds is 2. The first-order chi connectivity index (χ1) is 14.2. The highest BCUT2D eigenvalue weighted by Crippen LogP contribution is 2.49. The summed E-state index contributed by atoms with van der Waals surface area (Å²) in [4.78, 5) is 26.1. The van der Waals surface area contributed by atoms with E-state index in [4.69, 9.17) is 0 Å². The predicted molar refractivity (Wildman–Crippen MR) is 113 cm³/mol. The Morgan fingerprint density at radius 3 is 1.83 bits per heavy atom. The molecule has 29 heavy (non-hydrogen) atoms. The average Bonchev–Trinajstić information content (AvgIpc) is 3.04. The molecule has 1 saturated heterocycles. The van der Waals surface area contributed by atoms with Crippen LogP contribution in [0, 0.1) is 23.7 Å². The molecular formula is C25H20N2O2. The number of carbonyl (C=O) groups excluding carboxylic acids is 2. The third-order valence-electron chi connectivity index (χ3n) is 6.85. The van der Waals surface area contributed by atoms with Crippen LogP contribution in [0.2, 0.25) is 0 Å². The van der Waals surface area contributed by atoms with E-state index in [2.05, 4.69) is 47.6 Å². The van der Waals surface area contributed by atoms with Gasteiger partial charge in [0.2, 0.25) is 0 Å². The molecule has 3 aromatic rings. The molecule has 0 aromatic heterocycles. The molecule has 0 radical (unpaired) electrons. The Bertz CT molecular complexity index is 1160. The second kappa shape index (κ2) is 6.11. The van der Waals surface area contributed by atoms with Crippen LogP contribution >= 0.6 is 0 Å². The van der Waals surface area contributed by atoms with Gasteiger partial charge in [-0.2, -0.15) is 10.1 Å². The van der Waals surface area contributed by atoms with Gasteiger partial charge in [0.25, 0.3) is 11.8 Å². The molecule has 7 rings (SSSR count). The first-order valence-corrected chi connectivity index (χ1v) is 10.2. The van der Waals surface area contributed by atoms with Gasteiger partial charge >= 0.3 is 0 Å². The van der Waals surface area contributed by atoms with Crippen molar-refractivity contribution in [2.45, 2.75) is 12.8 Å². The number of allylic oxidation sites excluding steroid dienone is 2. The minimum atomic E-state index is -0.229. The van der Waals surface area contributed by atoms with Crippen LogP contribution in [0.4, 0.5) is 0 Å². The van der Waals surface area contributed by atoms with Crippen LogP contribution in [0.3, 0.4) is 0 Å². The fourth-order valence-corrected chi connectivity index (χ4v) is 5.48. The zero-order chi connectivity index (χ0) is 19.5. The quantitative estimate of drug-likeness (QED) is 0.284. The van der Waals surface area contributed by atoms with Crippen LogP contribution in [0.5, 0.6) is 0 Å². The van der Waals surface area contributed by atoms with Crippen LogP contribution in [0.1, 0.15) is 18.4 Å². The van der Waals surface area contributed by atoms with Gasteiger partial charge in [-0.05, 0) is 52.3 Å². The van der Waals surface area contributed by atoms with E-state index in [0.717, 1.165) is 45.0 Å². The summed E-state index contributed by atoms with van der Waals surface area (Å²) in [5, 5.41) is 9.95. The summed E-state index contributed by atoms with van der Waals surface area (Å²) in [7, 11) is 0. The van der Waals surface area contributed by atoms with E-state index in [1.54, 1.807) is 6.21 Å². The number of hydrogen-bond acceptors (Lipinski definition) is 3. The van der Waals surface area contributed by atoms with Crippen molar-refractivity contribution in [3.63, 3.8) is 0 Å². The summed E-state index contributed by atoms with van der Waals surface area (Å²) < 4.78 is 0. The Morgan fingerprint density at radius 2 is 1.31 bits per heavy atom. The average molecular weight is 380 g/mol. The lowest BCUT2D eigenvalue weighted by molar-refractivity contribution is -0.140. The monoisotopic (exact) mass is 380 g/mol. The highest BCUT2D eigenvalue weighted by atomic mass is 16.2. The number of hydrogen-bond donors (Lipinski definition) is 0. The molecule has 3 aliphatic carbocycles. The second-order valence-corrected chi connectivity index (χ2v) is 8.31. The minimum absolute atomic E-state index is 0.139. The second-order valence-electron chi connectivity index (χ2n) is 8.31. The third kappa shape index (κ3) is 2.35. The number of hydrazone groups is 1. The van der Waals surface area contributed by atoms with Gasteiger partial charge in [-0.1, -0.05) is 60.7 Å². The van der Waals surface area contributed by atoms with Gasteiger partial charge < -0.3 is 0 Å². The van der Waals surface area contributed by atoms with Gasteiger partial charge in [0, 0.05) is 5.56 Å². The molecule has 1 saturated carbocycles. The maximum Gasteiger partial charge on any atom is 0.254 e. The minimum Gasteiger partial charge on any atom is -0.272 e. The third-order valence-corrected chi connectivity index (χ3v) is 6.85. The summed E-state index contributed by atoms with van der Waals surface area (Å²) >= 11 is 0. The van der Waals surface area contributed by atoms with Gasteiger partial charge in [-0.15, -0.1) is 0 Å². The summed E-state index contributed by atoms with van der Waals surface area (Å²) in [6.07, 6.45) is 7.95. The standard InChI is InChI=1S/C25H20N2O2/c28-24-22-15-9-10-16(12-11-15)23(22)25(29)27(24)26-14-21-19-7-3-1-5-17(19)13-18-6-2-4-8-20(18)21/h1-10,13-16,22-23H,11-12H2/b26-14-/t15-,16-,22-,23-/m1/s1. The van der Waals surface area contributed by atoms with Gasteiger partial charge in [-0.3, -0.25) is 9.59 Å². The molecule has 142 valence electrons. The molecule has 4 atom stereocenters. The fraction of sp³-hybridized carbons (Fsp3) is 0.240. The Labute approximate surface area is 168 Å². The van der Waals surface area contributed by atoms with Crippen molar-refractivity contribution in [1.29, 1.82) is 0 Å². The maximum atomic E-state index is 13.0. The van der Waals surface area contributed by atoms with Crippen LogP contribution in [0.25, 0.3) is 21.5 Å². The van der Waals surface area contributed by atoms with Crippen molar-refractivity contribution in [1.82, 2.24) is 5.01 Å². The van der Waals surface area contributed by atoms with E-state index in [-0.39, 0.29) is 35.5 Å². The molecular weight excluding hydrogens is 360 g/mol. The van der Waals surface area contributed by atoms with Crippen LogP contribution < -0.4 is 0 Å². The normalized spacial score (nSPS) is 28.2. The number of benzene rings is 3. The first-order valence-electron chi connectivity index (χ1n) is 10.2. The van der Waals surface area contributed by atoms with Gasteiger partial charge in [0.1, 0.15) is 0 Å². The Morgan fingerprint density at radius 1 is 0.793 bits per heavy atom. The molecule has 3 aromatic carbocycles. The molecule has 2 amide bonds. The summed E-state index contributed by atoms with van der Waals surface area (Å²) in [6, 6.07) is 18.4. The van der Waals surface area contributed by atoms with Crippen molar-refractivity contribution in [3.8, 4) is 0 Å². The SMILES string of the molecule is O=C1[C@H]2[C@H](C(=O)N1/N=C\c1c3ccccc3cc3ccccc13)[C@@H]1C=C[C@@H]2CC1. The fourth-order valence-electron chi connectivity index (χ4n) is 5.48. The number of fused-ring (bicyclic) bond motifs is 3. The zero-order valence-corrected chi connectivity index (χ0v) is 15.9. The number of amides is 2. The van der Waals surface area contributed by atoms with E-state index in [1.165, 1.54) is 0 Å². The lowest BCUT2D eigenvalue weighted by Crippen LogP contribution is -2.38. The molecule has 0 spiro atoms. The Balaban J connectivity index is 1.45. The number of imide groups is 1. The van der Waals surface area contributed by atoms with Crippen molar-refractivity contribution in [2.24, 2.45) is 28.8 Å². The van der Waals surface area contributed by atoms with E-state index in [1.807, 2.05) is 24.3 Å². The largest absolute Gasteiger partial charge is 0.272 e. The van der Waals surface area contributed by atoms with E-state index in [0.29, 0.717) is 0 Å². The van der Waals surface area contributed by atoms with Crippen molar-refractivity contribution in [3.05, 3.63) is 72.3 Å². The number of nitrogens with zero attached hydrogens (tertiary/aromatic N) is 2. The maximum absolute atomic E-state index is 13.0. The molecule has 1 aliphatic heterocycles. The van der Waals surface area contributed by atoms with Gasteiger partial charge in [-0.25, -0.2) is 0 Å². The molecule has 2 fully saturated rings. The van der Waals surface area contributed by atoms with E-state index < -0.39 is 0 Å². The summed E-state index contributed by atoms with van der Waals surface area (Å²) in [5.41, 5.74) is 0.940. The van der Waals surface area contributed by atoms with Crippen LogP contribution in [-0.4, -0.2) is 23.0 Å². The highest BCUT2D eigenvalue weighted by Gasteiger charge is 2.56. The van der Waals surface area contributed by atoms with Gasteiger partial charge in [0.05, 0.1) is 18.1 Å². The molecule has 4 heteroatoms. The molecule has 4 nitrogen and oxygen atoms in total. The topological polar surface area (TPSA) is 49.7 Å². The molecule has 1 heterocycles. The molecule has 2 bridgehead atoms. The van der Waals surface area contributed by atoms with Crippen LogP contribution in [0.15, 0.2) is 71.9 Å². The van der Waals surface area contributed by atoms with Crippen molar-refractivity contribution in [2.75, 3.05) is 0 Å². The predicted octanol–water partition coefficient (Wildman–Crippen LogP) is 4.52. The molecule has 4 aliphatic rings.